The van der Waals surface area contributed by atoms with Crippen molar-refractivity contribution in [2.75, 3.05) is 0 Å². The lowest BCUT2D eigenvalue weighted by molar-refractivity contribution is 0.471. The number of aliphatic imine (C=N–C) groups is 1. The fourth-order valence-electron chi connectivity index (χ4n) is 4.29. The summed E-state index contributed by atoms with van der Waals surface area (Å²) in [6.07, 6.45) is 5.72. The summed E-state index contributed by atoms with van der Waals surface area (Å²) in [4.78, 5) is 17.6. The zero-order valence-electron chi connectivity index (χ0n) is 17.1. The lowest BCUT2D eigenvalue weighted by Gasteiger charge is -2.08. The van der Waals surface area contributed by atoms with Crippen molar-refractivity contribution >= 4 is 22.9 Å². The van der Waals surface area contributed by atoms with Crippen LogP contribution in [-0.2, 0) is 19.9 Å². The lowest BCUT2D eigenvalue weighted by Crippen LogP contribution is -2.19. The van der Waals surface area contributed by atoms with Gasteiger partial charge < -0.3 is 9.52 Å². The maximum Gasteiger partial charge on any atom is 0.297 e. The minimum absolute atomic E-state index is 0.0920. The van der Waals surface area contributed by atoms with Crippen LogP contribution in [0.15, 0.2) is 56.7 Å². The van der Waals surface area contributed by atoms with Crippen LogP contribution in [0.4, 0.5) is 5.69 Å². The Hall–Kier alpha value is -3.54. The summed E-state index contributed by atoms with van der Waals surface area (Å²) >= 11 is 0. The fraction of sp³-hybridized carbons (Fsp3) is 0.250. The second kappa shape index (κ2) is 7.06. The molecule has 0 amide bonds. The maximum atomic E-state index is 13.1. The van der Waals surface area contributed by atoms with Gasteiger partial charge in [0, 0.05) is 30.6 Å². The van der Waals surface area contributed by atoms with Crippen molar-refractivity contribution in [1.29, 1.82) is 0 Å². The van der Waals surface area contributed by atoms with Gasteiger partial charge in [0.1, 0.15) is 17.1 Å². The number of phenolic OH excluding ortho intramolecular Hbond substituents is 1. The Labute approximate surface area is 173 Å². The Morgan fingerprint density at radius 1 is 1.10 bits per heavy atom. The van der Waals surface area contributed by atoms with E-state index < -0.39 is 0 Å². The van der Waals surface area contributed by atoms with Crippen molar-refractivity contribution in [3.05, 3.63) is 75.4 Å². The van der Waals surface area contributed by atoms with Gasteiger partial charge in [-0.25, -0.2) is 9.67 Å². The molecule has 2 aromatic carbocycles. The van der Waals surface area contributed by atoms with E-state index in [4.69, 9.17) is 4.42 Å². The number of hydrogen-bond donors (Lipinski definition) is 1. The van der Waals surface area contributed by atoms with Crippen molar-refractivity contribution in [2.45, 2.75) is 32.6 Å². The number of benzene rings is 2. The molecule has 0 saturated carbocycles. The highest BCUT2D eigenvalue weighted by Crippen LogP contribution is 2.36. The van der Waals surface area contributed by atoms with Gasteiger partial charge in [-0.2, -0.15) is 0 Å². The van der Waals surface area contributed by atoms with Crippen LogP contribution in [0.3, 0.4) is 0 Å². The summed E-state index contributed by atoms with van der Waals surface area (Å²) in [5.74, 6) is 1.09. The van der Waals surface area contributed by atoms with E-state index in [0.717, 1.165) is 48.2 Å². The molecular weight excluding hydrogens is 378 g/mol. The number of furan rings is 1. The first-order valence-corrected chi connectivity index (χ1v) is 10.2. The van der Waals surface area contributed by atoms with Crippen molar-refractivity contribution in [3.63, 3.8) is 0 Å². The number of aromatic hydroxyl groups is 1. The number of phenols is 1. The van der Waals surface area contributed by atoms with Gasteiger partial charge in [-0.1, -0.05) is 18.2 Å². The lowest BCUT2D eigenvalue weighted by atomic mass is 9.95. The number of aryl methyl sites for hydroxylation is 2. The molecule has 6 nitrogen and oxygen atoms in total. The molecule has 0 atom stereocenters. The van der Waals surface area contributed by atoms with Crippen molar-refractivity contribution in [2.24, 2.45) is 12.0 Å². The molecule has 0 saturated heterocycles. The summed E-state index contributed by atoms with van der Waals surface area (Å²) in [5, 5.41) is 11.5. The van der Waals surface area contributed by atoms with E-state index in [1.165, 1.54) is 5.56 Å². The summed E-state index contributed by atoms with van der Waals surface area (Å²) in [7, 11) is 1.83. The first-order valence-electron chi connectivity index (χ1n) is 10.2. The van der Waals surface area contributed by atoms with E-state index in [1.54, 1.807) is 21.6 Å². The van der Waals surface area contributed by atoms with Gasteiger partial charge in [-0.05, 0) is 50.5 Å². The largest absolute Gasteiger partial charge is 0.507 e. The normalized spacial score (nSPS) is 13.9. The van der Waals surface area contributed by atoms with Crippen molar-refractivity contribution in [3.8, 4) is 11.4 Å². The molecule has 5 rings (SSSR count). The molecule has 2 heterocycles. The van der Waals surface area contributed by atoms with E-state index in [0.29, 0.717) is 16.8 Å². The molecule has 30 heavy (non-hydrogen) atoms. The van der Waals surface area contributed by atoms with E-state index >= 15 is 0 Å². The molecule has 2 aromatic heterocycles. The molecule has 0 bridgehead atoms. The van der Waals surface area contributed by atoms with Gasteiger partial charge >= 0.3 is 0 Å². The summed E-state index contributed by atoms with van der Waals surface area (Å²) in [5.41, 5.74) is 4.03. The average Bonchev–Trinajstić information content (AvgIpc) is 3.23. The van der Waals surface area contributed by atoms with E-state index in [1.807, 2.05) is 50.4 Å². The molecular formula is C24H23N3O3. The highest BCUT2D eigenvalue weighted by Gasteiger charge is 2.21. The van der Waals surface area contributed by atoms with Crippen LogP contribution in [0, 0.1) is 6.92 Å². The zero-order chi connectivity index (χ0) is 20.8. The van der Waals surface area contributed by atoms with E-state index in [-0.39, 0.29) is 11.3 Å². The van der Waals surface area contributed by atoms with Gasteiger partial charge in [0.25, 0.3) is 5.56 Å². The fourth-order valence-corrected chi connectivity index (χ4v) is 4.29. The number of fused-ring (bicyclic) bond motifs is 3. The molecule has 152 valence electrons. The second-order valence-electron chi connectivity index (χ2n) is 7.75. The van der Waals surface area contributed by atoms with Crippen LogP contribution in [0.5, 0.6) is 5.75 Å². The quantitative estimate of drug-likeness (QED) is 0.511. The van der Waals surface area contributed by atoms with E-state index in [2.05, 4.69) is 4.99 Å². The van der Waals surface area contributed by atoms with Gasteiger partial charge in [0.2, 0.25) is 0 Å². The van der Waals surface area contributed by atoms with Gasteiger partial charge in [0.05, 0.1) is 16.9 Å². The molecule has 0 fully saturated rings. The third-order valence-corrected chi connectivity index (χ3v) is 5.99. The number of para-hydroxylation sites is 1. The Morgan fingerprint density at radius 2 is 1.87 bits per heavy atom. The van der Waals surface area contributed by atoms with Crippen LogP contribution in [0.2, 0.25) is 0 Å². The number of hydrogen-bond acceptors (Lipinski definition) is 4. The smallest absolute Gasteiger partial charge is 0.297 e. The number of nitrogens with zero attached hydrogens (tertiary/aromatic N) is 3. The molecule has 0 aliphatic heterocycles. The minimum Gasteiger partial charge on any atom is -0.507 e. The first-order chi connectivity index (χ1) is 14.6. The molecule has 1 aliphatic rings. The monoisotopic (exact) mass is 401 g/mol. The van der Waals surface area contributed by atoms with Crippen LogP contribution in [0.1, 0.15) is 35.4 Å². The molecule has 0 spiro atoms. The van der Waals surface area contributed by atoms with Gasteiger partial charge in [0.15, 0.2) is 5.69 Å². The number of rotatable bonds is 3. The molecule has 6 heteroatoms. The van der Waals surface area contributed by atoms with Crippen LogP contribution >= 0.6 is 0 Å². The summed E-state index contributed by atoms with van der Waals surface area (Å²) < 4.78 is 9.49. The molecule has 0 unspecified atom stereocenters. The first kappa shape index (κ1) is 18.5. The van der Waals surface area contributed by atoms with Crippen LogP contribution < -0.4 is 5.56 Å². The molecule has 4 aromatic rings. The average molecular weight is 401 g/mol. The minimum atomic E-state index is -0.206. The predicted molar refractivity (Wildman–Crippen MR) is 118 cm³/mol. The highest BCUT2D eigenvalue weighted by atomic mass is 16.3. The Bertz CT molecular complexity index is 1340. The summed E-state index contributed by atoms with van der Waals surface area (Å²) in [6.45, 7) is 1.86. The topological polar surface area (TPSA) is 72.7 Å². The predicted octanol–water partition coefficient (Wildman–Crippen LogP) is 4.57. The Kier molecular flexibility index (Phi) is 4.35. The number of aromatic nitrogens is 2. The molecule has 0 radical (unpaired) electrons. The van der Waals surface area contributed by atoms with Crippen molar-refractivity contribution < 1.29 is 9.52 Å². The standard InChI is InChI=1S/C24H23N3O3/c1-15-22(24(29)27(26(15)2)16-8-4-3-5-9-16)25-14-19-20(28)13-12-18-17-10-6-7-11-21(17)30-23(18)19/h3-5,8-9,12-14,28H,6-7,10-11H2,1-2H3. The Morgan fingerprint density at radius 3 is 2.67 bits per heavy atom. The zero-order valence-corrected chi connectivity index (χ0v) is 17.1. The summed E-state index contributed by atoms with van der Waals surface area (Å²) in [6, 6.07) is 13.0. The maximum absolute atomic E-state index is 13.1. The van der Waals surface area contributed by atoms with Gasteiger partial charge in [-0.3, -0.25) is 9.48 Å². The third kappa shape index (κ3) is 2.79. The van der Waals surface area contributed by atoms with E-state index in [9.17, 15) is 9.90 Å². The molecule has 1 aliphatic carbocycles. The van der Waals surface area contributed by atoms with Crippen molar-refractivity contribution in [1.82, 2.24) is 9.36 Å². The SMILES string of the molecule is Cc1c(N=Cc2c(O)ccc3c4c(oc23)CCCC4)c(=O)n(-c2ccccc2)n1C. The molecule has 1 N–H and O–H groups in total. The third-order valence-electron chi connectivity index (χ3n) is 5.99. The van der Waals surface area contributed by atoms with Crippen LogP contribution in [-0.4, -0.2) is 20.7 Å². The second-order valence-corrected chi connectivity index (χ2v) is 7.75. The highest BCUT2D eigenvalue weighted by molar-refractivity contribution is 6.01. The van der Waals surface area contributed by atoms with Crippen LogP contribution in [0.25, 0.3) is 16.7 Å². The Balaban J connectivity index is 1.63. The van der Waals surface area contributed by atoms with Gasteiger partial charge in [-0.15, -0.1) is 0 Å².